The van der Waals surface area contributed by atoms with Crippen molar-refractivity contribution in [3.05, 3.63) is 22.8 Å². The summed E-state index contributed by atoms with van der Waals surface area (Å²) in [7, 11) is 0. The fourth-order valence-electron chi connectivity index (χ4n) is 3.40. The van der Waals surface area contributed by atoms with Gasteiger partial charge in [-0.25, -0.2) is 0 Å². The van der Waals surface area contributed by atoms with Crippen molar-refractivity contribution in [2.45, 2.75) is 33.6 Å². The summed E-state index contributed by atoms with van der Waals surface area (Å²) in [6.45, 7) is 5.57. The molecule has 0 N–H and O–H groups in total. The van der Waals surface area contributed by atoms with Crippen LogP contribution in [0.4, 0.5) is 0 Å². The predicted molar refractivity (Wildman–Crippen MR) is 60.8 cm³/mol. The van der Waals surface area contributed by atoms with Gasteiger partial charge >= 0.3 is 0 Å². The minimum Gasteiger partial charge on any atom is -0.294 e. The zero-order valence-corrected chi connectivity index (χ0v) is 9.96. The molecule has 0 bridgehead atoms. The molecule has 2 nitrogen and oxygen atoms in total. The molecule has 0 aromatic carbocycles. The minimum absolute atomic E-state index is 0.0660. The average Bonchev–Trinajstić information content (AvgIpc) is 3.02. The lowest BCUT2D eigenvalue weighted by atomic mass is 9.59. The number of carbonyl (C=O) groups is 2. The molecule has 1 saturated carbocycles. The van der Waals surface area contributed by atoms with Gasteiger partial charge in [0.25, 0.3) is 0 Å². The van der Waals surface area contributed by atoms with Crippen LogP contribution in [-0.2, 0) is 9.59 Å². The van der Waals surface area contributed by atoms with Crippen molar-refractivity contribution in [3.63, 3.8) is 0 Å². The average molecular weight is 216 g/mol. The molecule has 3 rings (SSSR count). The van der Waals surface area contributed by atoms with E-state index in [1.807, 2.05) is 6.92 Å². The second-order valence-electron chi connectivity index (χ2n) is 5.63. The van der Waals surface area contributed by atoms with Gasteiger partial charge in [0, 0.05) is 11.3 Å². The largest absolute Gasteiger partial charge is 0.294 e. The van der Waals surface area contributed by atoms with Crippen LogP contribution in [0.5, 0.6) is 0 Å². The zero-order valence-electron chi connectivity index (χ0n) is 9.96. The van der Waals surface area contributed by atoms with Crippen molar-refractivity contribution in [2.24, 2.45) is 17.3 Å². The van der Waals surface area contributed by atoms with Gasteiger partial charge in [0.2, 0.25) is 0 Å². The first-order chi connectivity index (χ1) is 7.47. The van der Waals surface area contributed by atoms with Crippen LogP contribution in [-0.4, -0.2) is 11.6 Å². The molecule has 0 aliphatic heterocycles. The van der Waals surface area contributed by atoms with E-state index in [0.717, 1.165) is 12.8 Å². The monoisotopic (exact) mass is 216 g/mol. The summed E-state index contributed by atoms with van der Waals surface area (Å²) in [5.74, 6) is 0.714. The summed E-state index contributed by atoms with van der Waals surface area (Å²) in [6, 6.07) is 0. The predicted octanol–water partition coefficient (Wildman–Crippen LogP) is 2.45. The number of Topliss-reactive ketones (excluding diaryl/α,β-unsaturated/α-hetero) is 2. The topological polar surface area (TPSA) is 34.1 Å². The lowest BCUT2D eigenvalue weighted by molar-refractivity contribution is -0.137. The van der Waals surface area contributed by atoms with Crippen LogP contribution < -0.4 is 0 Å². The van der Waals surface area contributed by atoms with E-state index in [2.05, 4.69) is 6.08 Å². The molecule has 3 atom stereocenters. The molecule has 16 heavy (non-hydrogen) atoms. The minimum atomic E-state index is -0.453. The maximum Gasteiger partial charge on any atom is 0.165 e. The molecule has 0 aromatic heterocycles. The van der Waals surface area contributed by atoms with Crippen molar-refractivity contribution in [1.82, 2.24) is 0 Å². The molecule has 0 radical (unpaired) electrons. The highest BCUT2D eigenvalue weighted by atomic mass is 16.1. The van der Waals surface area contributed by atoms with Gasteiger partial charge in [0.1, 0.15) is 0 Å². The van der Waals surface area contributed by atoms with Crippen LogP contribution in [0.25, 0.3) is 0 Å². The van der Waals surface area contributed by atoms with Crippen molar-refractivity contribution in [2.75, 3.05) is 0 Å². The molecule has 0 saturated heterocycles. The van der Waals surface area contributed by atoms with Crippen molar-refractivity contribution in [3.8, 4) is 0 Å². The molecular weight excluding hydrogens is 200 g/mol. The fourth-order valence-corrected chi connectivity index (χ4v) is 3.40. The van der Waals surface area contributed by atoms with E-state index in [-0.39, 0.29) is 17.5 Å². The lowest BCUT2D eigenvalue weighted by Gasteiger charge is -2.41. The molecule has 0 spiro atoms. The molecule has 3 aliphatic rings. The van der Waals surface area contributed by atoms with E-state index in [4.69, 9.17) is 0 Å². The highest BCUT2D eigenvalue weighted by molar-refractivity contribution is 6.15. The molecule has 1 fully saturated rings. The van der Waals surface area contributed by atoms with E-state index in [1.165, 1.54) is 5.57 Å². The van der Waals surface area contributed by atoms with Crippen LogP contribution in [0, 0.1) is 17.3 Å². The Morgan fingerprint density at radius 1 is 1.25 bits per heavy atom. The molecule has 0 heterocycles. The third-order valence-electron chi connectivity index (χ3n) is 4.72. The first-order valence-corrected chi connectivity index (χ1v) is 5.92. The second-order valence-corrected chi connectivity index (χ2v) is 5.63. The Morgan fingerprint density at radius 2 is 1.94 bits per heavy atom. The third kappa shape index (κ3) is 0.977. The smallest absolute Gasteiger partial charge is 0.165 e. The molecule has 1 unspecified atom stereocenters. The Bertz CT molecular complexity index is 481. The van der Waals surface area contributed by atoms with E-state index >= 15 is 0 Å². The Morgan fingerprint density at radius 3 is 2.62 bits per heavy atom. The number of carbonyl (C=O) groups excluding carboxylic acids is 2. The number of hydrogen-bond acceptors (Lipinski definition) is 2. The number of fused-ring (bicyclic) bond motifs is 3. The number of rotatable bonds is 0. The summed E-state index contributed by atoms with van der Waals surface area (Å²) < 4.78 is 0. The Hall–Kier alpha value is -1.18. The van der Waals surface area contributed by atoms with Crippen molar-refractivity contribution in [1.29, 1.82) is 0 Å². The number of ketones is 2. The van der Waals surface area contributed by atoms with Gasteiger partial charge in [-0.2, -0.15) is 0 Å². The van der Waals surface area contributed by atoms with Gasteiger partial charge in [-0.05, 0) is 43.8 Å². The molecular formula is C14H16O2. The fraction of sp³-hybridized carbons (Fsp3) is 0.571. The third-order valence-corrected chi connectivity index (χ3v) is 4.72. The Kier molecular flexibility index (Phi) is 1.71. The summed E-state index contributed by atoms with van der Waals surface area (Å²) in [5.41, 5.74) is 2.32. The van der Waals surface area contributed by atoms with Crippen LogP contribution in [0.3, 0.4) is 0 Å². The number of hydrogen-bond donors (Lipinski definition) is 0. The molecule has 0 amide bonds. The molecule has 84 valence electrons. The van der Waals surface area contributed by atoms with Crippen LogP contribution in [0.2, 0.25) is 0 Å². The number of allylic oxidation sites excluding steroid dienone is 4. The van der Waals surface area contributed by atoms with Crippen molar-refractivity contribution >= 4 is 11.6 Å². The first kappa shape index (κ1) is 10.0. The SMILES string of the molecule is CC1=C(C)C(=O)[C@]2(C)CC=C3C[C@@H]3C2C1=O. The van der Waals surface area contributed by atoms with E-state index in [9.17, 15) is 9.59 Å². The van der Waals surface area contributed by atoms with Gasteiger partial charge in [-0.15, -0.1) is 0 Å². The maximum atomic E-state index is 12.4. The van der Waals surface area contributed by atoms with Gasteiger partial charge in [0.15, 0.2) is 11.6 Å². The Balaban J connectivity index is 2.17. The van der Waals surface area contributed by atoms with E-state index in [0.29, 0.717) is 17.1 Å². The summed E-state index contributed by atoms with van der Waals surface area (Å²) >= 11 is 0. The van der Waals surface area contributed by atoms with Crippen molar-refractivity contribution < 1.29 is 9.59 Å². The zero-order chi connectivity index (χ0) is 11.7. The Labute approximate surface area is 95.4 Å². The lowest BCUT2D eigenvalue weighted by Crippen LogP contribution is -2.47. The van der Waals surface area contributed by atoms with E-state index in [1.54, 1.807) is 13.8 Å². The van der Waals surface area contributed by atoms with Gasteiger partial charge < -0.3 is 0 Å². The van der Waals surface area contributed by atoms with Gasteiger partial charge in [0.05, 0.1) is 0 Å². The molecule has 0 aromatic rings. The quantitative estimate of drug-likeness (QED) is 0.583. The van der Waals surface area contributed by atoms with Gasteiger partial charge in [-0.1, -0.05) is 18.6 Å². The maximum absolute atomic E-state index is 12.4. The van der Waals surface area contributed by atoms with Gasteiger partial charge in [-0.3, -0.25) is 9.59 Å². The highest BCUT2D eigenvalue weighted by Crippen LogP contribution is 2.59. The molecule has 3 aliphatic carbocycles. The second kappa shape index (κ2) is 2.73. The molecule has 2 heteroatoms. The highest BCUT2D eigenvalue weighted by Gasteiger charge is 2.58. The first-order valence-electron chi connectivity index (χ1n) is 5.92. The van der Waals surface area contributed by atoms with E-state index < -0.39 is 5.41 Å². The summed E-state index contributed by atoms with van der Waals surface area (Å²) in [4.78, 5) is 24.7. The van der Waals surface area contributed by atoms with Crippen LogP contribution in [0.15, 0.2) is 22.8 Å². The van der Waals surface area contributed by atoms with Crippen LogP contribution >= 0.6 is 0 Å². The normalized spacial score (nSPS) is 41.6. The van der Waals surface area contributed by atoms with Crippen LogP contribution in [0.1, 0.15) is 33.6 Å². The standard InChI is InChI=1S/C14H16O2/c1-7-8(2)13(16)14(3)5-4-9-6-10(9)11(14)12(7)15/h4,10-11H,5-6H2,1-3H3/t10-,11?,14+/m0/s1. The summed E-state index contributed by atoms with van der Waals surface area (Å²) in [6.07, 6.45) is 3.96. The summed E-state index contributed by atoms with van der Waals surface area (Å²) in [5, 5.41) is 0.